The molecule has 1 amide bonds. The predicted octanol–water partition coefficient (Wildman–Crippen LogP) is 2.38. The van der Waals surface area contributed by atoms with Gasteiger partial charge in [-0.1, -0.05) is 47.5 Å². The Bertz CT molecular complexity index is 379. The Morgan fingerprint density at radius 1 is 1.27 bits per heavy atom. The van der Waals surface area contributed by atoms with Crippen LogP contribution in [-0.4, -0.2) is 22.2 Å². The fraction of sp³-hybridized carbons (Fsp3) is 0.364. The second-order valence-electron chi connectivity index (χ2n) is 3.58. The molecule has 1 aromatic rings. The first-order chi connectivity index (χ1) is 7.18. The third kappa shape index (κ3) is 2.27. The Morgan fingerprint density at radius 2 is 1.93 bits per heavy atom. The average Bonchev–Trinajstić information content (AvgIpc) is 2.27. The van der Waals surface area contributed by atoms with Crippen molar-refractivity contribution in [2.45, 2.75) is 17.8 Å². The second-order valence-corrected chi connectivity index (χ2v) is 4.68. The van der Waals surface area contributed by atoms with Crippen molar-refractivity contribution in [2.24, 2.45) is 0 Å². The van der Waals surface area contributed by atoms with Crippen molar-refractivity contribution in [3.8, 4) is 0 Å². The van der Waals surface area contributed by atoms with E-state index < -0.39 is 4.84 Å². The summed E-state index contributed by atoms with van der Waals surface area (Å²) >= 11 is 11.1. The van der Waals surface area contributed by atoms with Gasteiger partial charge in [0.05, 0.1) is 0 Å². The molecule has 0 atom stereocenters. The summed E-state index contributed by atoms with van der Waals surface area (Å²) in [6.07, 6.45) is 0.877. The zero-order valence-electron chi connectivity index (χ0n) is 8.12. The zero-order chi connectivity index (χ0) is 10.8. The molecule has 2 rings (SSSR count). The van der Waals surface area contributed by atoms with Crippen LogP contribution in [0, 0.1) is 0 Å². The highest BCUT2D eigenvalue weighted by atomic mass is 35.5. The molecule has 1 aliphatic rings. The van der Waals surface area contributed by atoms with E-state index in [-0.39, 0.29) is 5.91 Å². The molecule has 0 fully saturated rings. The third-order valence-electron chi connectivity index (χ3n) is 2.63. The number of carbonyl (C=O) groups excluding carboxylic acids is 1. The molecule has 0 saturated carbocycles. The summed E-state index contributed by atoms with van der Waals surface area (Å²) in [5, 5.41) is 0. The van der Waals surface area contributed by atoms with Gasteiger partial charge in [0.15, 0.2) is 4.84 Å². The molecule has 0 aliphatic carbocycles. The van der Waals surface area contributed by atoms with Gasteiger partial charge in [0.25, 0.3) is 5.91 Å². The molecule has 0 aromatic heterocycles. The van der Waals surface area contributed by atoms with E-state index in [1.165, 1.54) is 11.1 Å². The molecule has 80 valence electrons. The molecule has 1 aromatic carbocycles. The molecule has 0 unspecified atom stereocenters. The average molecular weight is 244 g/mol. The SMILES string of the molecule is O=C(C(Cl)Cl)N1CCc2ccccc2C1. The maximum absolute atomic E-state index is 11.6. The van der Waals surface area contributed by atoms with Gasteiger partial charge in [-0.15, -0.1) is 0 Å². The molecule has 1 heterocycles. The summed E-state index contributed by atoms with van der Waals surface area (Å²) in [5.74, 6) is -0.201. The van der Waals surface area contributed by atoms with E-state index in [2.05, 4.69) is 6.07 Å². The molecule has 15 heavy (non-hydrogen) atoms. The number of hydrogen-bond acceptors (Lipinski definition) is 1. The number of halogens is 2. The van der Waals surface area contributed by atoms with E-state index in [4.69, 9.17) is 23.2 Å². The maximum Gasteiger partial charge on any atom is 0.256 e. The smallest absolute Gasteiger partial charge is 0.256 e. The minimum absolute atomic E-state index is 0.201. The summed E-state index contributed by atoms with van der Waals surface area (Å²) in [5.41, 5.74) is 2.49. The Hall–Kier alpha value is -0.730. The maximum atomic E-state index is 11.6. The number of benzene rings is 1. The standard InChI is InChI=1S/C11H11Cl2NO/c12-10(13)11(15)14-6-5-8-3-1-2-4-9(8)7-14/h1-4,10H,5-7H2. The number of fused-ring (bicyclic) bond motifs is 1. The Labute approximate surface area is 98.8 Å². The topological polar surface area (TPSA) is 20.3 Å². The van der Waals surface area contributed by atoms with Crippen LogP contribution < -0.4 is 0 Å². The van der Waals surface area contributed by atoms with Crippen LogP contribution in [-0.2, 0) is 17.8 Å². The highest BCUT2D eigenvalue weighted by molar-refractivity contribution is 6.53. The highest BCUT2D eigenvalue weighted by Crippen LogP contribution is 2.20. The normalized spacial score (nSPS) is 15.3. The molecular weight excluding hydrogens is 233 g/mol. The number of alkyl halides is 2. The van der Waals surface area contributed by atoms with Crippen LogP contribution in [0.3, 0.4) is 0 Å². The number of hydrogen-bond donors (Lipinski definition) is 0. The molecule has 0 spiro atoms. The minimum atomic E-state index is -0.949. The van der Waals surface area contributed by atoms with E-state index in [0.29, 0.717) is 13.1 Å². The summed E-state index contributed by atoms with van der Waals surface area (Å²) in [7, 11) is 0. The van der Waals surface area contributed by atoms with Crippen molar-refractivity contribution in [3.05, 3.63) is 35.4 Å². The summed E-state index contributed by atoms with van der Waals surface area (Å²) in [6.45, 7) is 1.32. The van der Waals surface area contributed by atoms with E-state index in [1.54, 1.807) is 4.90 Å². The fourth-order valence-corrected chi connectivity index (χ4v) is 2.10. The Morgan fingerprint density at radius 3 is 2.60 bits per heavy atom. The van der Waals surface area contributed by atoms with Crippen LogP contribution >= 0.6 is 23.2 Å². The van der Waals surface area contributed by atoms with Gasteiger partial charge in [0.2, 0.25) is 0 Å². The molecular formula is C11H11Cl2NO. The predicted molar refractivity (Wildman–Crippen MR) is 61.1 cm³/mol. The lowest BCUT2D eigenvalue weighted by Gasteiger charge is -2.29. The van der Waals surface area contributed by atoms with Crippen molar-refractivity contribution in [1.29, 1.82) is 0 Å². The first-order valence-corrected chi connectivity index (χ1v) is 5.69. The quantitative estimate of drug-likeness (QED) is 0.694. The van der Waals surface area contributed by atoms with Crippen molar-refractivity contribution in [3.63, 3.8) is 0 Å². The van der Waals surface area contributed by atoms with Crippen LogP contribution in [0.25, 0.3) is 0 Å². The van der Waals surface area contributed by atoms with Gasteiger partial charge in [-0.2, -0.15) is 0 Å². The number of rotatable bonds is 1. The van der Waals surface area contributed by atoms with E-state index >= 15 is 0 Å². The summed E-state index contributed by atoms with van der Waals surface area (Å²) in [4.78, 5) is 12.3. The van der Waals surface area contributed by atoms with E-state index in [0.717, 1.165) is 6.42 Å². The second kappa shape index (κ2) is 4.42. The van der Waals surface area contributed by atoms with Crippen molar-refractivity contribution < 1.29 is 4.79 Å². The first kappa shape index (κ1) is 10.8. The van der Waals surface area contributed by atoms with Gasteiger partial charge < -0.3 is 4.90 Å². The minimum Gasteiger partial charge on any atom is -0.336 e. The first-order valence-electron chi connectivity index (χ1n) is 4.82. The molecule has 0 N–H and O–H groups in total. The van der Waals surface area contributed by atoms with Gasteiger partial charge in [-0.25, -0.2) is 0 Å². The van der Waals surface area contributed by atoms with Crippen molar-refractivity contribution in [1.82, 2.24) is 4.90 Å². The monoisotopic (exact) mass is 243 g/mol. The Kier molecular flexibility index (Phi) is 3.17. The molecule has 0 bridgehead atoms. The molecule has 4 heteroatoms. The van der Waals surface area contributed by atoms with Crippen LogP contribution in [0.4, 0.5) is 0 Å². The van der Waals surface area contributed by atoms with E-state index in [9.17, 15) is 4.79 Å². The van der Waals surface area contributed by atoms with Crippen LogP contribution in [0.2, 0.25) is 0 Å². The lowest BCUT2D eigenvalue weighted by atomic mass is 10.00. The molecule has 1 aliphatic heterocycles. The Balaban J connectivity index is 2.15. The van der Waals surface area contributed by atoms with Gasteiger partial charge in [0.1, 0.15) is 0 Å². The molecule has 2 nitrogen and oxygen atoms in total. The van der Waals surface area contributed by atoms with Gasteiger partial charge in [-0.05, 0) is 17.5 Å². The summed E-state index contributed by atoms with van der Waals surface area (Å²) < 4.78 is 0. The third-order valence-corrected chi connectivity index (χ3v) is 3.00. The van der Waals surface area contributed by atoms with E-state index in [1.807, 2.05) is 18.2 Å². The van der Waals surface area contributed by atoms with Gasteiger partial charge in [-0.3, -0.25) is 4.79 Å². The lowest BCUT2D eigenvalue weighted by Crippen LogP contribution is -2.38. The van der Waals surface area contributed by atoms with Crippen LogP contribution in [0.5, 0.6) is 0 Å². The lowest BCUT2D eigenvalue weighted by molar-refractivity contribution is -0.130. The number of carbonyl (C=O) groups is 1. The number of nitrogens with zero attached hydrogens (tertiary/aromatic N) is 1. The summed E-state index contributed by atoms with van der Waals surface area (Å²) in [6, 6.07) is 8.12. The molecule has 0 saturated heterocycles. The molecule has 0 radical (unpaired) electrons. The highest BCUT2D eigenvalue weighted by Gasteiger charge is 2.24. The largest absolute Gasteiger partial charge is 0.336 e. The van der Waals surface area contributed by atoms with Crippen molar-refractivity contribution >= 4 is 29.1 Å². The van der Waals surface area contributed by atoms with Crippen molar-refractivity contribution in [2.75, 3.05) is 6.54 Å². The fourth-order valence-electron chi connectivity index (χ4n) is 1.82. The zero-order valence-corrected chi connectivity index (χ0v) is 9.63. The van der Waals surface area contributed by atoms with Crippen LogP contribution in [0.1, 0.15) is 11.1 Å². The van der Waals surface area contributed by atoms with Gasteiger partial charge in [0, 0.05) is 13.1 Å². The van der Waals surface area contributed by atoms with Crippen LogP contribution in [0.15, 0.2) is 24.3 Å². The van der Waals surface area contributed by atoms with Gasteiger partial charge >= 0.3 is 0 Å². The number of amides is 1.